The molecule has 0 unspecified atom stereocenters. The van der Waals surface area contributed by atoms with Gasteiger partial charge < -0.3 is 4.90 Å². The van der Waals surface area contributed by atoms with Gasteiger partial charge in [0.25, 0.3) is 0 Å². The molecule has 6 rings (SSSR count). The fourth-order valence-corrected chi connectivity index (χ4v) is 5.76. The summed E-state index contributed by atoms with van der Waals surface area (Å²) in [7, 11) is 0. The Morgan fingerprint density at radius 3 is 2.42 bits per heavy atom. The van der Waals surface area contributed by atoms with Gasteiger partial charge in [-0.3, -0.25) is 4.79 Å². The van der Waals surface area contributed by atoms with Crippen molar-refractivity contribution < 1.29 is 4.79 Å². The first-order valence-corrected chi connectivity index (χ1v) is 9.57. The Bertz CT molecular complexity index is 712. The first kappa shape index (κ1) is 14.5. The highest BCUT2D eigenvalue weighted by atomic mass is 16.2. The Labute approximate surface area is 144 Å². The third kappa shape index (κ3) is 2.05. The van der Waals surface area contributed by atoms with Crippen molar-refractivity contribution in [2.75, 3.05) is 13.1 Å². The number of hydrogen-bond donors (Lipinski definition) is 0. The third-order valence-electron chi connectivity index (χ3n) is 6.78. The van der Waals surface area contributed by atoms with E-state index in [1.54, 1.807) is 0 Å². The molecule has 5 aliphatic rings. The summed E-state index contributed by atoms with van der Waals surface area (Å²) >= 11 is 0. The zero-order valence-electron chi connectivity index (χ0n) is 14.1. The second kappa shape index (κ2) is 5.61. The van der Waals surface area contributed by atoms with Crippen molar-refractivity contribution in [3.8, 4) is 0 Å². The maximum atomic E-state index is 13.3. The van der Waals surface area contributed by atoms with Crippen molar-refractivity contribution in [1.82, 2.24) is 4.90 Å². The Balaban J connectivity index is 1.54. The lowest BCUT2D eigenvalue weighted by Gasteiger charge is -2.53. The van der Waals surface area contributed by atoms with E-state index in [0.717, 1.165) is 19.5 Å². The van der Waals surface area contributed by atoms with E-state index in [0.29, 0.717) is 29.6 Å². The minimum Gasteiger partial charge on any atom is -0.342 e. The molecule has 1 amide bonds. The second-order valence-electron chi connectivity index (χ2n) is 7.91. The van der Waals surface area contributed by atoms with E-state index in [2.05, 4.69) is 53.5 Å². The molecule has 5 atom stereocenters. The molecule has 1 aromatic carbocycles. The minimum absolute atomic E-state index is 0.181. The van der Waals surface area contributed by atoms with Gasteiger partial charge in [0.15, 0.2) is 0 Å². The molecule has 0 aromatic heterocycles. The van der Waals surface area contributed by atoms with Crippen molar-refractivity contribution in [2.45, 2.75) is 37.5 Å². The summed E-state index contributed by atoms with van der Waals surface area (Å²) in [4.78, 5) is 15.5. The number of rotatable bonds is 1. The monoisotopic (exact) mass is 319 g/mol. The van der Waals surface area contributed by atoms with Crippen LogP contribution < -0.4 is 0 Å². The zero-order chi connectivity index (χ0) is 16.1. The van der Waals surface area contributed by atoms with Gasteiger partial charge in [-0.2, -0.15) is 0 Å². The van der Waals surface area contributed by atoms with Gasteiger partial charge in [0.2, 0.25) is 5.91 Å². The van der Waals surface area contributed by atoms with E-state index in [1.165, 1.54) is 30.4 Å². The molecule has 0 spiro atoms. The van der Waals surface area contributed by atoms with Crippen molar-refractivity contribution in [1.29, 1.82) is 0 Å². The van der Waals surface area contributed by atoms with E-state index in [1.807, 2.05) is 0 Å². The van der Waals surface area contributed by atoms with Crippen LogP contribution in [-0.2, 0) is 4.79 Å². The molecular weight excluding hydrogens is 294 g/mol. The molecule has 0 N–H and O–H groups in total. The summed E-state index contributed by atoms with van der Waals surface area (Å²) in [6.07, 6.45) is 13.8. The summed E-state index contributed by atoms with van der Waals surface area (Å²) in [5, 5.41) is 0. The highest BCUT2D eigenvalue weighted by Gasteiger charge is 2.52. The molecule has 1 saturated carbocycles. The number of hydrogen-bond acceptors (Lipinski definition) is 1. The molecule has 2 nitrogen and oxygen atoms in total. The standard InChI is InChI=1S/C22H25NO/c24-22(23-12-6-1-7-13-23)20-14-19-15-8-2-4-10-17(15)21(20)18-11-5-3-9-16(18)19/h2-5,8-11,15,17,19-21H,1,6-7,12-14H2/t15-,17-,19-,20+,21+/m0/s1. The molecule has 1 saturated heterocycles. The van der Waals surface area contributed by atoms with E-state index in [4.69, 9.17) is 0 Å². The molecular formula is C22H25NO. The third-order valence-corrected chi connectivity index (χ3v) is 6.78. The molecule has 2 bridgehead atoms. The van der Waals surface area contributed by atoms with Crippen molar-refractivity contribution in [3.05, 3.63) is 59.7 Å². The summed E-state index contributed by atoms with van der Waals surface area (Å²) in [6.45, 7) is 1.94. The largest absolute Gasteiger partial charge is 0.342 e. The van der Waals surface area contributed by atoms with Crippen LogP contribution in [0, 0.1) is 17.8 Å². The van der Waals surface area contributed by atoms with Gasteiger partial charge >= 0.3 is 0 Å². The molecule has 124 valence electrons. The summed E-state index contributed by atoms with van der Waals surface area (Å²) in [5.41, 5.74) is 2.96. The van der Waals surface area contributed by atoms with Crippen LogP contribution in [0.25, 0.3) is 0 Å². The average Bonchev–Trinajstić information content (AvgIpc) is 2.68. The average molecular weight is 319 g/mol. The second-order valence-corrected chi connectivity index (χ2v) is 7.91. The number of carbonyl (C=O) groups is 1. The van der Waals surface area contributed by atoms with Crippen molar-refractivity contribution >= 4 is 5.91 Å². The lowest BCUT2D eigenvalue weighted by atomic mass is 9.51. The topological polar surface area (TPSA) is 20.3 Å². The number of likely N-dealkylation sites (tertiary alicyclic amines) is 1. The molecule has 0 radical (unpaired) electrons. The quantitative estimate of drug-likeness (QED) is 0.757. The lowest BCUT2D eigenvalue weighted by Crippen LogP contribution is -2.50. The lowest BCUT2D eigenvalue weighted by molar-refractivity contribution is -0.139. The maximum Gasteiger partial charge on any atom is 0.226 e. The SMILES string of the molecule is O=C([C@@H]1C[C@@H]2c3ccccc3[C@H]1[C@H]1C=CC=C[C@@H]12)N1CCCCC1. The fourth-order valence-electron chi connectivity index (χ4n) is 5.76. The predicted octanol–water partition coefficient (Wildman–Crippen LogP) is 4.26. The molecule has 2 fully saturated rings. The number of carbonyl (C=O) groups excluding carboxylic acids is 1. The molecule has 24 heavy (non-hydrogen) atoms. The number of allylic oxidation sites excluding steroid dienone is 4. The number of benzene rings is 1. The summed E-state index contributed by atoms with van der Waals surface area (Å²) < 4.78 is 0. The van der Waals surface area contributed by atoms with Crippen LogP contribution in [0.1, 0.15) is 48.6 Å². The molecule has 1 heterocycles. The van der Waals surface area contributed by atoms with Crippen LogP contribution in [0.15, 0.2) is 48.6 Å². The highest BCUT2D eigenvalue weighted by Crippen LogP contribution is 2.59. The fraction of sp³-hybridized carbons (Fsp3) is 0.500. The first-order valence-electron chi connectivity index (χ1n) is 9.57. The van der Waals surface area contributed by atoms with E-state index >= 15 is 0 Å². The van der Waals surface area contributed by atoms with Gasteiger partial charge in [0, 0.05) is 24.9 Å². The Hall–Kier alpha value is -1.83. The van der Waals surface area contributed by atoms with Crippen LogP contribution in [0.3, 0.4) is 0 Å². The maximum absolute atomic E-state index is 13.3. The van der Waals surface area contributed by atoms with Gasteiger partial charge in [0.05, 0.1) is 0 Å². The molecule has 4 aliphatic carbocycles. The zero-order valence-corrected chi connectivity index (χ0v) is 14.1. The van der Waals surface area contributed by atoms with Crippen molar-refractivity contribution in [2.24, 2.45) is 17.8 Å². The number of amides is 1. The van der Waals surface area contributed by atoms with E-state index in [9.17, 15) is 4.79 Å². The number of nitrogens with zero attached hydrogens (tertiary/aromatic N) is 1. The number of piperidine rings is 1. The van der Waals surface area contributed by atoms with Crippen LogP contribution >= 0.6 is 0 Å². The van der Waals surface area contributed by atoms with Crippen LogP contribution in [-0.4, -0.2) is 23.9 Å². The normalized spacial score (nSPS) is 36.3. The Morgan fingerprint density at radius 1 is 0.917 bits per heavy atom. The minimum atomic E-state index is 0.181. The summed E-state index contributed by atoms with van der Waals surface area (Å²) in [6, 6.07) is 8.90. The van der Waals surface area contributed by atoms with Crippen LogP contribution in [0.5, 0.6) is 0 Å². The first-order chi connectivity index (χ1) is 11.8. The molecule has 1 aromatic rings. The van der Waals surface area contributed by atoms with Gasteiger partial charge in [-0.25, -0.2) is 0 Å². The van der Waals surface area contributed by atoms with Crippen LogP contribution in [0.4, 0.5) is 0 Å². The predicted molar refractivity (Wildman–Crippen MR) is 95.7 cm³/mol. The van der Waals surface area contributed by atoms with Crippen LogP contribution in [0.2, 0.25) is 0 Å². The highest BCUT2D eigenvalue weighted by molar-refractivity contribution is 5.81. The Kier molecular flexibility index (Phi) is 3.39. The molecule has 2 heteroatoms. The van der Waals surface area contributed by atoms with Gasteiger partial charge in [-0.05, 0) is 54.6 Å². The van der Waals surface area contributed by atoms with E-state index < -0.39 is 0 Å². The summed E-state index contributed by atoms with van der Waals surface area (Å²) in [5.74, 6) is 2.58. The van der Waals surface area contributed by atoms with Crippen molar-refractivity contribution in [3.63, 3.8) is 0 Å². The van der Waals surface area contributed by atoms with Gasteiger partial charge in [-0.1, -0.05) is 48.6 Å². The Morgan fingerprint density at radius 2 is 1.62 bits per heavy atom. The van der Waals surface area contributed by atoms with E-state index in [-0.39, 0.29) is 5.92 Å². The van der Waals surface area contributed by atoms with Gasteiger partial charge in [-0.15, -0.1) is 0 Å². The smallest absolute Gasteiger partial charge is 0.226 e. The molecule has 1 aliphatic heterocycles. The van der Waals surface area contributed by atoms with Gasteiger partial charge in [0.1, 0.15) is 0 Å². The number of fused-ring (bicyclic) bond motifs is 1.